The summed E-state index contributed by atoms with van der Waals surface area (Å²) in [6.07, 6.45) is 1.81. The molecule has 0 unspecified atom stereocenters. The third-order valence-corrected chi connectivity index (χ3v) is 6.39. The molecule has 4 N–H and O–H groups in total. The standard InChI is InChI=1S/C20H19N5O4S2/c1-12(13-6-8-14(9-7-13)31(21,27)28)23-18(26)11-30-20-25-24-19(29-20)16-10-22-17-5-3-2-4-15(16)17/h2-10,12,22H,11H2,1H3,(H,23,26)(H2,21,27,28)/t12-/m0/s1. The van der Waals surface area contributed by atoms with Crippen molar-refractivity contribution < 1.29 is 17.6 Å². The van der Waals surface area contributed by atoms with Gasteiger partial charge in [-0.25, -0.2) is 13.6 Å². The zero-order valence-electron chi connectivity index (χ0n) is 16.4. The summed E-state index contributed by atoms with van der Waals surface area (Å²) >= 11 is 1.14. The number of primary sulfonamides is 1. The predicted molar refractivity (Wildman–Crippen MR) is 117 cm³/mol. The first-order chi connectivity index (χ1) is 14.8. The number of carbonyl (C=O) groups excluding carboxylic acids is 1. The van der Waals surface area contributed by atoms with Crippen molar-refractivity contribution in [2.24, 2.45) is 5.14 Å². The van der Waals surface area contributed by atoms with Crippen LogP contribution in [0.4, 0.5) is 0 Å². The maximum absolute atomic E-state index is 12.3. The first kappa shape index (κ1) is 21.1. The third-order valence-electron chi connectivity index (χ3n) is 4.64. The Morgan fingerprint density at radius 3 is 2.68 bits per heavy atom. The number of aromatic nitrogens is 3. The summed E-state index contributed by atoms with van der Waals surface area (Å²) in [6, 6.07) is 13.5. The Balaban J connectivity index is 1.35. The van der Waals surface area contributed by atoms with Gasteiger partial charge in [0.2, 0.25) is 15.9 Å². The third kappa shape index (κ3) is 4.79. The summed E-state index contributed by atoms with van der Waals surface area (Å²) in [5.74, 6) is 0.248. The zero-order valence-corrected chi connectivity index (χ0v) is 18.0. The molecule has 2 aromatic carbocycles. The molecule has 160 valence electrons. The minimum Gasteiger partial charge on any atom is -0.411 e. The van der Waals surface area contributed by atoms with E-state index in [-0.39, 0.29) is 22.6 Å². The van der Waals surface area contributed by atoms with Gasteiger partial charge in [-0.2, -0.15) is 0 Å². The van der Waals surface area contributed by atoms with Crippen LogP contribution in [0.15, 0.2) is 69.3 Å². The predicted octanol–water partition coefficient (Wildman–Crippen LogP) is 2.83. The zero-order chi connectivity index (χ0) is 22.0. The number of sulfonamides is 1. The number of thioether (sulfide) groups is 1. The lowest BCUT2D eigenvalue weighted by atomic mass is 10.1. The Labute approximate surface area is 182 Å². The molecule has 0 saturated heterocycles. The van der Waals surface area contributed by atoms with Gasteiger partial charge in [-0.15, -0.1) is 10.2 Å². The van der Waals surface area contributed by atoms with Crippen LogP contribution in [-0.2, 0) is 14.8 Å². The van der Waals surface area contributed by atoms with Gasteiger partial charge >= 0.3 is 0 Å². The molecule has 2 aromatic heterocycles. The average Bonchev–Trinajstić information content (AvgIpc) is 3.38. The lowest BCUT2D eigenvalue weighted by molar-refractivity contribution is -0.119. The Bertz CT molecular complexity index is 1330. The Morgan fingerprint density at radius 1 is 1.19 bits per heavy atom. The van der Waals surface area contributed by atoms with Crippen LogP contribution in [-0.4, -0.2) is 35.3 Å². The van der Waals surface area contributed by atoms with Crippen LogP contribution in [0.2, 0.25) is 0 Å². The van der Waals surface area contributed by atoms with Crippen LogP contribution in [0.5, 0.6) is 0 Å². The lowest BCUT2D eigenvalue weighted by Crippen LogP contribution is -2.28. The molecule has 11 heteroatoms. The van der Waals surface area contributed by atoms with Crippen molar-refractivity contribution in [3.63, 3.8) is 0 Å². The molecule has 4 aromatic rings. The van der Waals surface area contributed by atoms with Crippen LogP contribution < -0.4 is 10.5 Å². The first-order valence-corrected chi connectivity index (χ1v) is 11.8. The summed E-state index contributed by atoms with van der Waals surface area (Å²) in [5.41, 5.74) is 2.52. The fourth-order valence-electron chi connectivity index (χ4n) is 3.07. The quantitative estimate of drug-likeness (QED) is 0.362. The van der Waals surface area contributed by atoms with E-state index in [0.29, 0.717) is 11.1 Å². The number of carbonyl (C=O) groups is 1. The molecule has 0 aliphatic carbocycles. The van der Waals surface area contributed by atoms with E-state index < -0.39 is 10.0 Å². The van der Waals surface area contributed by atoms with Crippen molar-refractivity contribution in [2.75, 3.05) is 5.75 Å². The second-order valence-corrected chi connectivity index (χ2v) is 9.30. The largest absolute Gasteiger partial charge is 0.411 e. The number of hydrogen-bond acceptors (Lipinski definition) is 7. The minimum atomic E-state index is -3.75. The number of amides is 1. The molecule has 0 bridgehead atoms. The number of hydrogen-bond donors (Lipinski definition) is 3. The molecule has 9 nitrogen and oxygen atoms in total. The molecule has 2 heterocycles. The van der Waals surface area contributed by atoms with Gasteiger partial charge in [-0.1, -0.05) is 42.1 Å². The summed E-state index contributed by atoms with van der Waals surface area (Å²) < 4.78 is 28.4. The number of nitrogens with two attached hydrogens (primary N) is 1. The first-order valence-electron chi connectivity index (χ1n) is 9.26. The molecule has 31 heavy (non-hydrogen) atoms. The molecular weight excluding hydrogens is 438 g/mol. The van der Waals surface area contributed by atoms with E-state index in [4.69, 9.17) is 9.56 Å². The molecular formula is C20H19N5O4S2. The number of nitrogens with one attached hydrogen (secondary N) is 2. The fraction of sp³-hybridized carbons (Fsp3) is 0.150. The van der Waals surface area contributed by atoms with E-state index >= 15 is 0 Å². The Hall–Kier alpha value is -3.15. The maximum atomic E-state index is 12.3. The number of fused-ring (bicyclic) bond motifs is 1. The summed E-state index contributed by atoms with van der Waals surface area (Å²) in [6.45, 7) is 1.80. The van der Waals surface area contributed by atoms with Gasteiger partial charge in [0, 0.05) is 17.1 Å². The molecule has 0 saturated carbocycles. The molecule has 1 amide bonds. The average molecular weight is 458 g/mol. The normalized spacial score (nSPS) is 12.7. The number of H-pyrrole nitrogens is 1. The number of para-hydroxylation sites is 1. The van der Waals surface area contributed by atoms with Gasteiger partial charge in [-0.05, 0) is 30.7 Å². The van der Waals surface area contributed by atoms with Crippen LogP contribution in [0, 0.1) is 0 Å². The van der Waals surface area contributed by atoms with E-state index in [1.807, 2.05) is 30.5 Å². The summed E-state index contributed by atoms with van der Waals surface area (Å²) in [7, 11) is -3.75. The van der Waals surface area contributed by atoms with Gasteiger partial charge in [0.15, 0.2) is 0 Å². The number of nitrogens with zero attached hydrogens (tertiary/aromatic N) is 2. The van der Waals surface area contributed by atoms with Gasteiger partial charge in [0.05, 0.1) is 22.3 Å². The van der Waals surface area contributed by atoms with Gasteiger partial charge in [0.25, 0.3) is 11.1 Å². The van der Waals surface area contributed by atoms with Crippen LogP contribution >= 0.6 is 11.8 Å². The highest BCUT2D eigenvalue weighted by Crippen LogP contribution is 2.29. The van der Waals surface area contributed by atoms with Crippen molar-refractivity contribution in [3.8, 4) is 11.5 Å². The van der Waals surface area contributed by atoms with Crippen molar-refractivity contribution >= 4 is 38.6 Å². The second kappa shape index (κ2) is 8.53. The topological polar surface area (TPSA) is 144 Å². The molecule has 0 spiro atoms. The van der Waals surface area contributed by atoms with Crippen molar-refractivity contribution in [1.82, 2.24) is 20.5 Å². The molecule has 0 aliphatic rings. The highest BCUT2D eigenvalue weighted by atomic mass is 32.2. The van der Waals surface area contributed by atoms with Crippen LogP contribution in [0.1, 0.15) is 18.5 Å². The van der Waals surface area contributed by atoms with Gasteiger partial charge in [0.1, 0.15) is 0 Å². The molecule has 0 fully saturated rings. The molecule has 4 rings (SSSR count). The summed E-state index contributed by atoms with van der Waals surface area (Å²) in [5, 5.41) is 17.3. The number of benzene rings is 2. The van der Waals surface area contributed by atoms with Gasteiger partial charge in [-0.3, -0.25) is 4.79 Å². The van der Waals surface area contributed by atoms with E-state index in [1.165, 1.54) is 12.1 Å². The van der Waals surface area contributed by atoms with E-state index in [1.54, 1.807) is 19.1 Å². The minimum absolute atomic E-state index is 0.0210. The highest BCUT2D eigenvalue weighted by molar-refractivity contribution is 7.99. The smallest absolute Gasteiger partial charge is 0.277 e. The lowest BCUT2D eigenvalue weighted by Gasteiger charge is -2.14. The fourth-order valence-corrected chi connectivity index (χ4v) is 4.16. The monoisotopic (exact) mass is 457 g/mol. The van der Waals surface area contributed by atoms with E-state index in [9.17, 15) is 13.2 Å². The van der Waals surface area contributed by atoms with E-state index in [0.717, 1.165) is 33.8 Å². The Kier molecular flexibility index (Phi) is 5.81. The Morgan fingerprint density at radius 2 is 1.94 bits per heavy atom. The molecule has 0 radical (unpaired) electrons. The van der Waals surface area contributed by atoms with Crippen molar-refractivity contribution in [3.05, 3.63) is 60.3 Å². The molecule has 1 atom stereocenters. The van der Waals surface area contributed by atoms with Gasteiger partial charge < -0.3 is 14.7 Å². The highest BCUT2D eigenvalue weighted by Gasteiger charge is 2.16. The SMILES string of the molecule is C[C@H](NC(=O)CSc1nnc(-c2c[nH]c3ccccc23)o1)c1ccc(S(N)(=O)=O)cc1. The molecule has 0 aliphatic heterocycles. The second-order valence-electron chi connectivity index (χ2n) is 6.81. The maximum Gasteiger partial charge on any atom is 0.277 e. The van der Waals surface area contributed by atoms with Crippen LogP contribution in [0.25, 0.3) is 22.4 Å². The van der Waals surface area contributed by atoms with Crippen molar-refractivity contribution in [1.29, 1.82) is 0 Å². The number of aromatic amines is 1. The summed E-state index contributed by atoms with van der Waals surface area (Å²) in [4.78, 5) is 15.5. The van der Waals surface area contributed by atoms with E-state index in [2.05, 4.69) is 20.5 Å². The van der Waals surface area contributed by atoms with Crippen molar-refractivity contribution in [2.45, 2.75) is 23.1 Å². The number of rotatable bonds is 7. The van der Waals surface area contributed by atoms with Crippen LogP contribution in [0.3, 0.4) is 0 Å².